The predicted octanol–water partition coefficient (Wildman–Crippen LogP) is -0.329. The molecule has 2 amide bonds. The molecule has 1 unspecified atom stereocenters. The van der Waals surface area contributed by atoms with Crippen LogP contribution in [0.1, 0.15) is 19.3 Å². The van der Waals surface area contributed by atoms with Crippen LogP contribution in [0.25, 0.3) is 0 Å². The van der Waals surface area contributed by atoms with Crippen LogP contribution < -0.4 is 5.32 Å². The number of rotatable bonds is 3. The fourth-order valence-corrected chi connectivity index (χ4v) is 3.33. The lowest BCUT2D eigenvalue weighted by Crippen LogP contribution is -2.56. The van der Waals surface area contributed by atoms with Crippen LogP contribution >= 0.6 is 11.8 Å². The number of nitrogens with one attached hydrogen (secondary N) is 1. The van der Waals surface area contributed by atoms with Crippen molar-refractivity contribution >= 4 is 35.3 Å². The SMILES string of the molecule is CN1N=C(C(=O)NC2(C(=O)O)CCSC2)CCC1=O. The van der Waals surface area contributed by atoms with Gasteiger partial charge in [-0.15, -0.1) is 0 Å². The largest absolute Gasteiger partial charge is 0.479 e. The number of thioether (sulfide) groups is 1. The van der Waals surface area contributed by atoms with Crippen LogP contribution in [0.5, 0.6) is 0 Å². The van der Waals surface area contributed by atoms with Gasteiger partial charge in [0, 0.05) is 25.6 Å². The standard InChI is InChI=1S/C11H15N3O4S/c1-14-8(15)3-2-7(13-14)9(16)12-11(10(17)18)4-5-19-6-11/h2-6H2,1H3,(H,12,16)(H,17,18). The third kappa shape index (κ3) is 2.73. The van der Waals surface area contributed by atoms with Gasteiger partial charge in [-0.3, -0.25) is 9.59 Å². The molecule has 7 nitrogen and oxygen atoms in total. The molecule has 0 aromatic carbocycles. The average molecular weight is 285 g/mol. The van der Waals surface area contributed by atoms with Gasteiger partial charge in [0.1, 0.15) is 11.3 Å². The molecule has 8 heteroatoms. The van der Waals surface area contributed by atoms with E-state index in [1.165, 1.54) is 18.8 Å². The van der Waals surface area contributed by atoms with Crippen molar-refractivity contribution in [2.45, 2.75) is 24.8 Å². The Hall–Kier alpha value is -1.57. The van der Waals surface area contributed by atoms with Gasteiger partial charge in [-0.05, 0) is 12.2 Å². The number of hydrogen-bond donors (Lipinski definition) is 2. The molecular weight excluding hydrogens is 270 g/mol. The van der Waals surface area contributed by atoms with Gasteiger partial charge in [-0.1, -0.05) is 0 Å². The zero-order valence-corrected chi connectivity index (χ0v) is 11.3. The Kier molecular flexibility index (Phi) is 3.79. The number of carbonyl (C=O) groups excluding carboxylic acids is 2. The number of amides is 2. The Morgan fingerprint density at radius 1 is 1.47 bits per heavy atom. The summed E-state index contributed by atoms with van der Waals surface area (Å²) in [6.45, 7) is 0. The summed E-state index contributed by atoms with van der Waals surface area (Å²) in [5.74, 6) is -0.607. The van der Waals surface area contributed by atoms with E-state index in [-0.39, 0.29) is 24.5 Å². The summed E-state index contributed by atoms with van der Waals surface area (Å²) in [5.41, 5.74) is -0.996. The van der Waals surface area contributed by atoms with Crippen molar-refractivity contribution in [1.29, 1.82) is 0 Å². The second-order valence-electron chi connectivity index (χ2n) is 4.61. The Balaban J connectivity index is 2.10. The van der Waals surface area contributed by atoms with Gasteiger partial charge in [0.2, 0.25) is 5.91 Å². The summed E-state index contributed by atoms with van der Waals surface area (Å²) in [7, 11) is 1.48. The van der Waals surface area contributed by atoms with E-state index in [0.717, 1.165) is 5.01 Å². The van der Waals surface area contributed by atoms with Crippen molar-refractivity contribution < 1.29 is 19.5 Å². The van der Waals surface area contributed by atoms with E-state index >= 15 is 0 Å². The minimum Gasteiger partial charge on any atom is -0.479 e. The number of carboxylic acids is 1. The lowest BCUT2D eigenvalue weighted by molar-refractivity contribution is -0.145. The maximum absolute atomic E-state index is 12.1. The number of carbonyl (C=O) groups is 3. The fraction of sp³-hybridized carbons (Fsp3) is 0.636. The number of carboxylic acid groups (broad SMARTS) is 1. The van der Waals surface area contributed by atoms with Crippen molar-refractivity contribution in [2.24, 2.45) is 5.10 Å². The number of nitrogens with zero attached hydrogens (tertiary/aromatic N) is 2. The molecule has 2 aliphatic rings. The van der Waals surface area contributed by atoms with Crippen LogP contribution in [0.2, 0.25) is 0 Å². The molecule has 104 valence electrons. The molecule has 2 aliphatic heterocycles. The van der Waals surface area contributed by atoms with Gasteiger partial charge in [0.05, 0.1) is 0 Å². The molecule has 0 spiro atoms. The summed E-state index contributed by atoms with van der Waals surface area (Å²) >= 11 is 1.50. The first-order valence-corrected chi connectivity index (χ1v) is 7.08. The number of aliphatic carboxylic acids is 1. The lowest BCUT2D eigenvalue weighted by atomic mass is 9.98. The molecule has 0 bridgehead atoms. The predicted molar refractivity (Wildman–Crippen MR) is 69.9 cm³/mol. The van der Waals surface area contributed by atoms with E-state index in [9.17, 15) is 19.5 Å². The molecule has 1 atom stereocenters. The van der Waals surface area contributed by atoms with Crippen LogP contribution in [0.4, 0.5) is 0 Å². The van der Waals surface area contributed by atoms with E-state index in [0.29, 0.717) is 17.9 Å². The maximum Gasteiger partial charge on any atom is 0.330 e. The highest BCUT2D eigenvalue weighted by Crippen LogP contribution is 2.28. The van der Waals surface area contributed by atoms with Crippen LogP contribution in [-0.2, 0) is 14.4 Å². The van der Waals surface area contributed by atoms with Gasteiger partial charge in [0.25, 0.3) is 5.91 Å². The summed E-state index contributed by atoms with van der Waals surface area (Å²) in [6, 6.07) is 0. The molecule has 1 fully saturated rings. The molecule has 0 aromatic rings. The minimum absolute atomic E-state index is 0.152. The summed E-state index contributed by atoms with van der Waals surface area (Å²) < 4.78 is 0. The Morgan fingerprint density at radius 3 is 2.74 bits per heavy atom. The topological polar surface area (TPSA) is 99.1 Å². The van der Waals surface area contributed by atoms with Crippen molar-refractivity contribution in [3.8, 4) is 0 Å². The normalized spacial score (nSPS) is 27.1. The summed E-state index contributed by atoms with van der Waals surface area (Å²) in [5, 5.41) is 16.8. The van der Waals surface area contributed by atoms with Gasteiger partial charge < -0.3 is 10.4 Å². The molecule has 2 rings (SSSR count). The Bertz CT molecular complexity index is 457. The van der Waals surface area contributed by atoms with Crippen molar-refractivity contribution in [1.82, 2.24) is 10.3 Å². The first-order chi connectivity index (χ1) is 8.94. The van der Waals surface area contributed by atoms with Crippen LogP contribution in [-0.4, -0.2) is 57.7 Å². The maximum atomic E-state index is 12.1. The van der Waals surface area contributed by atoms with E-state index in [4.69, 9.17) is 0 Å². The second kappa shape index (κ2) is 5.20. The van der Waals surface area contributed by atoms with E-state index in [1.807, 2.05) is 0 Å². The highest BCUT2D eigenvalue weighted by molar-refractivity contribution is 7.99. The minimum atomic E-state index is -1.20. The second-order valence-corrected chi connectivity index (χ2v) is 5.71. The lowest BCUT2D eigenvalue weighted by Gasteiger charge is -2.26. The molecular formula is C11H15N3O4S. The molecule has 1 saturated heterocycles. The Labute approximate surface area is 114 Å². The smallest absolute Gasteiger partial charge is 0.330 e. The quantitative estimate of drug-likeness (QED) is 0.740. The molecule has 2 N–H and O–H groups in total. The van der Waals surface area contributed by atoms with Crippen LogP contribution in [0.3, 0.4) is 0 Å². The average Bonchev–Trinajstić information content (AvgIpc) is 2.82. The number of hydrazone groups is 1. The molecule has 0 radical (unpaired) electrons. The van der Waals surface area contributed by atoms with Crippen molar-refractivity contribution in [3.63, 3.8) is 0 Å². The van der Waals surface area contributed by atoms with E-state index in [2.05, 4.69) is 10.4 Å². The van der Waals surface area contributed by atoms with E-state index < -0.39 is 17.4 Å². The first kappa shape index (κ1) is 13.9. The van der Waals surface area contributed by atoms with E-state index in [1.54, 1.807) is 0 Å². The van der Waals surface area contributed by atoms with Crippen molar-refractivity contribution in [2.75, 3.05) is 18.6 Å². The van der Waals surface area contributed by atoms with Gasteiger partial charge >= 0.3 is 5.97 Å². The first-order valence-electron chi connectivity index (χ1n) is 5.92. The zero-order valence-electron chi connectivity index (χ0n) is 10.5. The molecule has 0 saturated carbocycles. The fourth-order valence-electron chi connectivity index (χ4n) is 2.01. The molecule has 0 aromatic heterocycles. The van der Waals surface area contributed by atoms with Crippen LogP contribution in [0, 0.1) is 0 Å². The third-order valence-corrected chi connectivity index (χ3v) is 4.44. The highest BCUT2D eigenvalue weighted by Gasteiger charge is 2.44. The third-order valence-electron chi connectivity index (χ3n) is 3.25. The van der Waals surface area contributed by atoms with Crippen LogP contribution in [0.15, 0.2) is 5.10 Å². The zero-order chi connectivity index (χ0) is 14.0. The number of hydrogen-bond acceptors (Lipinski definition) is 5. The van der Waals surface area contributed by atoms with Gasteiger partial charge in [-0.25, -0.2) is 9.80 Å². The van der Waals surface area contributed by atoms with Gasteiger partial charge in [0.15, 0.2) is 0 Å². The monoisotopic (exact) mass is 285 g/mol. The summed E-state index contributed by atoms with van der Waals surface area (Å²) in [4.78, 5) is 34.7. The molecule has 19 heavy (non-hydrogen) atoms. The summed E-state index contributed by atoms with van der Waals surface area (Å²) in [6.07, 6.45) is 0.871. The highest BCUT2D eigenvalue weighted by atomic mass is 32.2. The van der Waals surface area contributed by atoms with Crippen molar-refractivity contribution in [3.05, 3.63) is 0 Å². The Morgan fingerprint density at radius 2 is 2.21 bits per heavy atom. The molecule has 2 heterocycles. The molecule has 0 aliphatic carbocycles. The van der Waals surface area contributed by atoms with Gasteiger partial charge in [-0.2, -0.15) is 16.9 Å².